The minimum Gasteiger partial charge on any atom is -0.392 e. The minimum atomic E-state index is 0.140. The van der Waals surface area contributed by atoms with Gasteiger partial charge in [0.05, 0.1) is 13.2 Å². The number of aliphatic hydroxyl groups excluding tert-OH is 2. The van der Waals surface area contributed by atoms with Gasteiger partial charge in [0.1, 0.15) is 0 Å². The van der Waals surface area contributed by atoms with Crippen molar-refractivity contribution in [2.45, 2.75) is 114 Å². The monoisotopic (exact) mass is 550 g/mol. The summed E-state index contributed by atoms with van der Waals surface area (Å²) in [5.41, 5.74) is 2.43. The molecule has 5 fully saturated rings. The Hall–Kier alpha value is -1.64. The van der Waals surface area contributed by atoms with Crippen LogP contribution in [0.4, 0.5) is 0 Å². The standard InChI is InChI=1S/C15H22.2C7H8O.C5H12.2C2H6/c1-2-10-11(3-1)13-7-12(10)14-8-4-5-9(6-8)15(13)14;2*8-6-7-4-2-1-3-5-7;1-5(2,3)4;2*1-2/h8-15H,1-7H2;2*1-5,8H,6H2;1-4H3;2*1-2H3. The van der Waals surface area contributed by atoms with Crippen molar-refractivity contribution < 1.29 is 10.2 Å². The van der Waals surface area contributed by atoms with Gasteiger partial charge in [-0.1, -0.05) is 122 Å². The smallest absolute Gasteiger partial charge is 0.0681 e. The van der Waals surface area contributed by atoms with Gasteiger partial charge in [0.2, 0.25) is 0 Å². The highest BCUT2D eigenvalue weighted by Gasteiger charge is 2.65. The molecule has 5 aliphatic rings. The summed E-state index contributed by atoms with van der Waals surface area (Å²) in [6.45, 7) is 17.0. The van der Waals surface area contributed by atoms with Crippen molar-refractivity contribution in [3.63, 3.8) is 0 Å². The maximum atomic E-state index is 8.54. The maximum absolute atomic E-state index is 8.54. The Labute approximate surface area is 248 Å². The molecule has 2 aromatic rings. The summed E-state index contributed by atoms with van der Waals surface area (Å²) in [5.74, 6) is 9.78. The summed E-state index contributed by atoms with van der Waals surface area (Å²) in [5, 5.41) is 17.1. The van der Waals surface area contributed by atoms with Crippen LogP contribution in [-0.2, 0) is 13.2 Å². The quantitative estimate of drug-likeness (QED) is 0.365. The lowest BCUT2D eigenvalue weighted by Gasteiger charge is -2.40. The average molecular weight is 551 g/mol. The molecule has 2 nitrogen and oxygen atoms in total. The van der Waals surface area contributed by atoms with Crippen LogP contribution in [-0.4, -0.2) is 10.2 Å². The molecule has 4 bridgehead atoms. The van der Waals surface area contributed by atoms with Gasteiger partial charge in [-0.15, -0.1) is 0 Å². The molecule has 8 atom stereocenters. The molecular weight excluding hydrogens is 488 g/mol. The minimum absolute atomic E-state index is 0.140. The molecular formula is C38H62O2. The predicted octanol–water partition coefficient (Wildman–Crippen LogP) is 10.2. The third-order valence-corrected chi connectivity index (χ3v) is 9.36. The first kappa shape index (κ1) is 34.6. The average Bonchev–Trinajstić information content (AvgIpc) is 3.81. The number of fused-ring (bicyclic) bond motifs is 12. The lowest BCUT2D eigenvalue weighted by atomic mass is 9.64. The van der Waals surface area contributed by atoms with E-state index in [4.69, 9.17) is 10.2 Å². The molecule has 40 heavy (non-hydrogen) atoms. The molecule has 2 N–H and O–H groups in total. The van der Waals surface area contributed by atoms with Crippen LogP contribution in [0.25, 0.3) is 0 Å². The zero-order chi connectivity index (χ0) is 29.7. The van der Waals surface area contributed by atoms with Gasteiger partial charge in [0, 0.05) is 0 Å². The summed E-state index contributed by atoms with van der Waals surface area (Å²) >= 11 is 0. The lowest BCUT2D eigenvalue weighted by molar-refractivity contribution is 0.0716. The van der Waals surface area contributed by atoms with Crippen molar-refractivity contribution in [2.24, 2.45) is 52.8 Å². The zero-order valence-electron chi connectivity index (χ0n) is 27.2. The van der Waals surface area contributed by atoms with Crippen LogP contribution >= 0.6 is 0 Å². The second-order valence-corrected chi connectivity index (χ2v) is 13.6. The molecule has 5 saturated carbocycles. The van der Waals surface area contributed by atoms with Gasteiger partial charge in [0.15, 0.2) is 0 Å². The fraction of sp³-hybridized carbons (Fsp3) is 0.684. The SMILES string of the molecule is C1CC2C(C1)C1CC2C2C3CCC(C3)C12.CC.CC.CC(C)(C)C.OCc1ccccc1.OCc1ccccc1. The van der Waals surface area contributed by atoms with Crippen molar-refractivity contribution in [1.82, 2.24) is 0 Å². The van der Waals surface area contributed by atoms with E-state index in [0.29, 0.717) is 5.41 Å². The Morgan fingerprint density at radius 3 is 1.20 bits per heavy atom. The van der Waals surface area contributed by atoms with Crippen molar-refractivity contribution in [2.75, 3.05) is 0 Å². The molecule has 2 heteroatoms. The molecule has 0 saturated heterocycles. The first-order chi connectivity index (χ1) is 19.3. The number of aliphatic hydroxyl groups is 2. The first-order valence-corrected chi connectivity index (χ1v) is 16.6. The van der Waals surface area contributed by atoms with Crippen molar-refractivity contribution >= 4 is 0 Å². The van der Waals surface area contributed by atoms with Crippen molar-refractivity contribution in [1.29, 1.82) is 0 Å². The molecule has 226 valence electrons. The Bertz CT molecular complexity index is 829. The molecule has 0 heterocycles. The topological polar surface area (TPSA) is 40.5 Å². The Balaban J connectivity index is 0.000000195. The third-order valence-electron chi connectivity index (χ3n) is 9.36. The van der Waals surface area contributed by atoms with Crippen LogP contribution < -0.4 is 0 Å². The molecule has 0 radical (unpaired) electrons. The van der Waals surface area contributed by atoms with E-state index < -0.39 is 0 Å². The molecule has 0 spiro atoms. The second kappa shape index (κ2) is 17.3. The van der Waals surface area contributed by atoms with Crippen LogP contribution in [0.5, 0.6) is 0 Å². The van der Waals surface area contributed by atoms with E-state index in [2.05, 4.69) is 27.7 Å². The molecule has 5 aliphatic carbocycles. The van der Waals surface area contributed by atoms with Gasteiger partial charge < -0.3 is 10.2 Å². The van der Waals surface area contributed by atoms with Crippen LogP contribution in [0.1, 0.15) is 111 Å². The van der Waals surface area contributed by atoms with E-state index in [1.54, 1.807) is 44.9 Å². The van der Waals surface area contributed by atoms with Crippen molar-refractivity contribution in [3.05, 3.63) is 71.8 Å². The van der Waals surface area contributed by atoms with Gasteiger partial charge in [-0.25, -0.2) is 0 Å². The summed E-state index contributed by atoms with van der Waals surface area (Å²) in [6.07, 6.45) is 11.4. The number of benzene rings is 2. The maximum Gasteiger partial charge on any atom is 0.0681 e. The molecule has 7 rings (SSSR count). The van der Waals surface area contributed by atoms with E-state index in [9.17, 15) is 0 Å². The van der Waals surface area contributed by atoms with E-state index in [-0.39, 0.29) is 13.2 Å². The number of rotatable bonds is 2. The third kappa shape index (κ3) is 9.45. The summed E-state index contributed by atoms with van der Waals surface area (Å²) in [4.78, 5) is 0. The van der Waals surface area contributed by atoms with E-state index >= 15 is 0 Å². The molecule has 0 amide bonds. The number of hydrogen-bond acceptors (Lipinski definition) is 2. The Morgan fingerprint density at radius 2 is 0.900 bits per heavy atom. The molecule has 8 unspecified atom stereocenters. The summed E-state index contributed by atoms with van der Waals surface area (Å²) in [7, 11) is 0. The predicted molar refractivity (Wildman–Crippen MR) is 173 cm³/mol. The highest BCUT2D eigenvalue weighted by molar-refractivity contribution is 5.15. The van der Waals surface area contributed by atoms with Crippen LogP contribution in [0.3, 0.4) is 0 Å². The normalized spacial score (nSPS) is 31.2. The van der Waals surface area contributed by atoms with E-state index in [1.807, 2.05) is 88.4 Å². The van der Waals surface area contributed by atoms with Gasteiger partial charge >= 0.3 is 0 Å². The molecule has 0 aromatic heterocycles. The highest BCUT2D eigenvalue weighted by atomic mass is 16.3. The Morgan fingerprint density at radius 1 is 0.550 bits per heavy atom. The zero-order valence-corrected chi connectivity index (χ0v) is 27.2. The molecule has 0 aliphatic heterocycles. The van der Waals surface area contributed by atoms with Gasteiger partial charge in [-0.2, -0.15) is 0 Å². The second-order valence-electron chi connectivity index (χ2n) is 13.6. The van der Waals surface area contributed by atoms with Crippen LogP contribution in [0.15, 0.2) is 60.7 Å². The summed E-state index contributed by atoms with van der Waals surface area (Å²) in [6, 6.07) is 19.0. The Kier molecular flexibility index (Phi) is 15.0. The van der Waals surface area contributed by atoms with Crippen molar-refractivity contribution in [3.8, 4) is 0 Å². The van der Waals surface area contributed by atoms with Crippen LogP contribution in [0.2, 0.25) is 0 Å². The molecule has 2 aromatic carbocycles. The highest BCUT2D eigenvalue weighted by Crippen LogP contribution is 2.72. The fourth-order valence-electron chi connectivity index (χ4n) is 8.45. The van der Waals surface area contributed by atoms with Crippen LogP contribution in [0, 0.1) is 52.8 Å². The lowest BCUT2D eigenvalue weighted by Crippen LogP contribution is -2.35. The van der Waals surface area contributed by atoms with Gasteiger partial charge in [0.25, 0.3) is 0 Å². The fourth-order valence-corrected chi connectivity index (χ4v) is 8.45. The number of hydrogen-bond donors (Lipinski definition) is 2. The van der Waals surface area contributed by atoms with Gasteiger partial charge in [-0.05, 0) is 102 Å². The van der Waals surface area contributed by atoms with E-state index in [0.717, 1.165) is 11.1 Å². The van der Waals surface area contributed by atoms with E-state index in [1.165, 1.54) is 47.3 Å². The first-order valence-electron chi connectivity index (χ1n) is 16.6. The van der Waals surface area contributed by atoms with Gasteiger partial charge in [-0.3, -0.25) is 0 Å². The summed E-state index contributed by atoms with van der Waals surface area (Å²) < 4.78 is 0. The largest absolute Gasteiger partial charge is 0.392 e.